The maximum atomic E-state index is 5.70. The number of aromatic nitrogens is 2. The van der Waals surface area contributed by atoms with Crippen molar-refractivity contribution < 1.29 is 0 Å². The summed E-state index contributed by atoms with van der Waals surface area (Å²) in [4.78, 5) is 4.17. The van der Waals surface area contributed by atoms with Gasteiger partial charge in [0, 0.05) is 11.7 Å². The largest absolute Gasteiger partial charge is 0.369 e. The molecule has 1 aromatic rings. The van der Waals surface area contributed by atoms with E-state index in [-0.39, 0.29) is 0 Å². The Hall–Kier alpha value is -0.990. The van der Waals surface area contributed by atoms with Gasteiger partial charge in [0.1, 0.15) is 0 Å². The molecule has 0 radical (unpaired) electrons. The highest BCUT2D eigenvalue weighted by Gasteiger charge is 2.09. The molecule has 0 bridgehead atoms. The smallest absolute Gasteiger partial charge is 0.200 e. The van der Waals surface area contributed by atoms with Crippen molar-refractivity contribution in [3.05, 3.63) is 11.4 Å². The van der Waals surface area contributed by atoms with Gasteiger partial charge in [0.15, 0.2) is 0 Å². The van der Waals surface area contributed by atoms with E-state index in [0.717, 1.165) is 11.4 Å². The van der Waals surface area contributed by atoms with Gasteiger partial charge in [0.2, 0.25) is 5.95 Å². The quantitative estimate of drug-likeness (QED) is 0.666. The number of nitrogens with two attached hydrogens (primary N) is 1. The van der Waals surface area contributed by atoms with Crippen molar-refractivity contribution in [2.75, 3.05) is 5.73 Å². The third-order valence-corrected chi connectivity index (χ3v) is 1.93. The third kappa shape index (κ3) is 1.23. The van der Waals surface area contributed by atoms with Crippen molar-refractivity contribution in [2.45, 2.75) is 33.7 Å². The molecule has 11 heavy (non-hydrogen) atoms. The van der Waals surface area contributed by atoms with E-state index >= 15 is 0 Å². The second-order valence-electron chi connectivity index (χ2n) is 3.10. The van der Waals surface area contributed by atoms with Gasteiger partial charge < -0.3 is 10.3 Å². The Bertz CT molecular complexity index is 261. The predicted molar refractivity (Wildman–Crippen MR) is 46.5 cm³/mol. The molecule has 1 aromatic heterocycles. The number of anilines is 1. The van der Waals surface area contributed by atoms with E-state index in [1.807, 2.05) is 18.4 Å². The van der Waals surface area contributed by atoms with E-state index in [2.05, 4.69) is 18.8 Å². The van der Waals surface area contributed by atoms with Crippen molar-refractivity contribution in [1.29, 1.82) is 0 Å². The summed E-state index contributed by atoms with van der Waals surface area (Å²) in [5, 5.41) is 0. The van der Waals surface area contributed by atoms with E-state index in [4.69, 9.17) is 5.73 Å². The van der Waals surface area contributed by atoms with Crippen LogP contribution in [0.4, 0.5) is 5.95 Å². The van der Waals surface area contributed by atoms with Gasteiger partial charge in [-0.2, -0.15) is 0 Å². The molecule has 3 nitrogen and oxygen atoms in total. The summed E-state index contributed by atoms with van der Waals surface area (Å²) < 4.78 is 2.04. The van der Waals surface area contributed by atoms with Crippen LogP contribution in [0.5, 0.6) is 0 Å². The number of nitrogens with zero attached hydrogens (tertiary/aromatic N) is 2. The van der Waals surface area contributed by atoms with Gasteiger partial charge in [0.25, 0.3) is 0 Å². The first kappa shape index (κ1) is 8.11. The Balaban J connectivity index is 3.22. The molecule has 0 saturated carbocycles. The Morgan fingerprint density at radius 3 is 2.09 bits per heavy atom. The molecule has 0 aliphatic heterocycles. The van der Waals surface area contributed by atoms with Crippen LogP contribution in [0.3, 0.4) is 0 Å². The first-order chi connectivity index (χ1) is 5.04. The highest BCUT2D eigenvalue weighted by molar-refractivity contribution is 5.28. The Labute approximate surface area is 67.2 Å². The first-order valence-corrected chi connectivity index (χ1v) is 3.85. The van der Waals surface area contributed by atoms with Gasteiger partial charge in [-0.25, -0.2) is 4.98 Å². The number of rotatable bonds is 1. The van der Waals surface area contributed by atoms with E-state index in [9.17, 15) is 0 Å². The molecule has 1 heterocycles. The van der Waals surface area contributed by atoms with Crippen LogP contribution < -0.4 is 5.73 Å². The summed E-state index contributed by atoms with van der Waals surface area (Å²) in [6.07, 6.45) is 0. The van der Waals surface area contributed by atoms with Crippen molar-refractivity contribution in [1.82, 2.24) is 9.55 Å². The fraction of sp³-hybridized carbons (Fsp3) is 0.625. The Kier molecular flexibility index (Phi) is 1.89. The zero-order chi connectivity index (χ0) is 8.59. The van der Waals surface area contributed by atoms with Crippen molar-refractivity contribution in [3.63, 3.8) is 0 Å². The number of aryl methyl sites for hydroxylation is 1. The lowest BCUT2D eigenvalue weighted by molar-refractivity contribution is 0.594. The fourth-order valence-corrected chi connectivity index (χ4v) is 1.30. The highest BCUT2D eigenvalue weighted by Crippen LogP contribution is 2.17. The number of hydrogen-bond acceptors (Lipinski definition) is 2. The molecule has 3 heteroatoms. The second kappa shape index (κ2) is 2.57. The lowest BCUT2D eigenvalue weighted by atomic mass is 10.3. The van der Waals surface area contributed by atoms with Gasteiger partial charge in [-0.15, -0.1) is 0 Å². The molecule has 0 aromatic carbocycles. The molecule has 62 valence electrons. The van der Waals surface area contributed by atoms with Crippen LogP contribution >= 0.6 is 0 Å². The van der Waals surface area contributed by atoms with E-state index in [1.54, 1.807) is 0 Å². The van der Waals surface area contributed by atoms with E-state index < -0.39 is 0 Å². The van der Waals surface area contributed by atoms with Gasteiger partial charge in [-0.05, 0) is 27.7 Å². The molecule has 0 amide bonds. The molecule has 0 aliphatic carbocycles. The van der Waals surface area contributed by atoms with Gasteiger partial charge in [0.05, 0.1) is 5.69 Å². The van der Waals surface area contributed by atoms with Crippen molar-refractivity contribution in [3.8, 4) is 0 Å². The van der Waals surface area contributed by atoms with E-state index in [0.29, 0.717) is 12.0 Å². The summed E-state index contributed by atoms with van der Waals surface area (Å²) in [6.45, 7) is 8.22. The number of nitrogen functional groups attached to an aromatic ring is 1. The third-order valence-electron chi connectivity index (χ3n) is 1.93. The summed E-state index contributed by atoms with van der Waals surface area (Å²) in [6, 6.07) is 0.399. The topological polar surface area (TPSA) is 43.8 Å². The lowest BCUT2D eigenvalue weighted by Gasteiger charge is -2.10. The summed E-state index contributed by atoms with van der Waals surface area (Å²) >= 11 is 0. The fourth-order valence-electron chi connectivity index (χ4n) is 1.30. The monoisotopic (exact) mass is 153 g/mol. The average Bonchev–Trinajstić information content (AvgIpc) is 2.07. The average molecular weight is 153 g/mol. The molecule has 0 atom stereocenters. The minimum atomic E-state index is 0.399. The molecule has 2 N–H and O–H groups in total. The summed E-state index contributed by atoms with van der Waals surface area (Å²) in [7, 11) is 0. The molecule has 0 unspecified atom stereocenters. The molecule has 1 rings (SSSR count). The van der Waals surface area contributed by atoms with Crippen LogP contribution in [0.2, 0.25) is 0 Å². The lowest BCUT2D eigenvalue weighted by Crippen LogP contribution is -2.07. The van der Waals surface area contributed by atoms with Crippen LogP contribution in [0.15, 0.2) is 0 Å². The van der Waals surface area contributed by atoms with Gasteiger partial charge in [-0.1, -0.05) is 0 Å². The zero-order valence-corrected chi connectivity index (χ0v) is 7.55. The zero-order valence-electron chi connectivity index (χ0n) is 7.55. The normalized spacial score (nSPS) is 11.0. The van der Waals surface area contributed by atoms with Crippen molar-refractivity contribution in [2.24, 2.45) is 0 Å². The maximum absolute atomic E-state index is 5.70. The maximum Gasteiger partial charge on any atom is 0.200 e. The van der Waals surface area contributed by atoms with Crippen LogP contribution in [0.25, 0.3) is 0 Å². The van der Waals surface area contributed by atoms with Crippen LogP contribution in [0.1, 0.15) is 31.3 Å². The minimum Gasteiger partial charge on any atom is -0.369 e. The van der Waals surface area contributed by atoms with Crippen LogP contribution in [-0.4, -0.2) is 9.55 Å². The second-order valence-corrected chi connectivity index (χ2v) is 3.10. The molecule has 0 fully saturated rings. The molecule has 0 saturated heterocycles. The Morgan fingerprint density at radius 1 is 1.36 bits per heavy atom. The SMILES string of the molecule is Cc1nc(N)n(C(C)C)c1C. The number of hydrogen-bond donors (Lipinski definition) is 1. The van der Waals surface area contributed by atoms with Gasteiger partial charge in [-0.3, -0.25) is 0 Å². The highest BCUT2D eigenvalue weighted by atomic mass is 15.2. The minimum absolute atomic E-state index is 0.399. The summed E-state index contributed by atoms with van der Waals surface area (Å²) in [5.41, 5.74) is 7.88. The molecular weight excluding hydrogens is 138 g/mol. The van der Waals surface area contributed by atoms with Crippen molar-refractivity contribution >= 4 is 5.95 Å². The standard InChI is InChI=1S/C8H15N3/c1-5(2)11-7(4)6(3)10-8(11)9/h5H,1-4H3,(H2,9,10). The van der Waals surface area contributed by atoms with Crippen LogP contribution in [0, 0.1) is 13.8 Å². The predicted octanol–water partition coefficient (Wildman–Crippen LogP) is 1.66. The first-order valence-electron chi connectivity index (χ1n) is 3.85. The molecule has 0 spiro atoms. The van der Waals surface area contributed by atoms with Crippen LogP contribution in [-0.2, 0) is 0 Å². The summed E-state index contributed by atoms with van der Waals surface area (Å²) in [5.74, 6) is 0.620. The molecular formula is C8H15N3. The van der Waals surface area contributed by atoms with Gasteiger partial charge >= 0.3 is 0 Å². The molecule has 0 aliphatic rings. The number of imidazole rings is 1. The Morgan fingerprint density at radius 2 is 1.91 bits per heavy atom. The van der Waals surface area contributed by atoms with E-state index in [1.165, 1.54) is 0 Å².